The number of aromatic nitrogens is 2. The highest BCUT2D eigenvalue weighted by atomic mass is 16.5. The third-order valence-corrected chi connectivity index (χ3v) is 4.67. The Hall–Kier alpha value is -3.94. The molecule has 0 aliphatic heterocycles. The Morgan fingerprint density at radius 2 is 1.61 bits per heavy atom. The molecule has 0 radical (unpaired) electrons. The van der Waals surface area contributed by atoms with Crippen LogP contribution in [0.3, 0.4) is 0 Å². The molecule has 0 unspecified atom stereocenters. The van der Waals surface area contributed by atoms with Crippen LogP contribution in [0.15, 0.2) is 67.0 Å². The van der Waals surface area contributed by atoms with Gasteiger partial charge in [-0.15, -0.1) is 0 Å². The SMILES string of the molecule is CCN(CC)C(=O)c1ccc(NC(=O)COC(=O)c2ccc(-n3cccn3)cc2)cc1. The van der Waals surface area contributed by atoms with Crippen LogP contribution in [0, 0.1) is 0 Å². The molecular weight excluding hydrogens is 396 g/mol. The van der Waals surface area contributed by atoms with Crippen LogP contribution in [0.25, 0.3) is 5.69 Å². The van der Waals surface area contributed by atoms with Gasteiger partial charge in [0.1, 0.15) is 0 Å². The Balaban J connectivity index is 1.50. The summed E-state index contributed by atoms with van der Waals surface area (Å²) in [7, 11) is 0. The molecule has 3 aromatic rings. The second-order valence-corrected chi connectivity index (χ2v) is 6.68. The molecule has 0 saturated carbocycles. The fraction of sp³-hybridized carbons (Fsp3) is 0.217. The van der Waals surface area contributed by atoms with Gasteiger partial charge < -0.3 is 15.0 Å². The van der Waals surface area contributed by atoms with Crippen LogP contribution in [0.4, 0.5) is 5.69 Å². The summed E-state index contributed by atoms with van der Waals surface area (Å²) in [6.07, 6.45) is 3.46. The van der Waals surface area contributed by atoms with Gasteiger partial charge >= 0.3 is 5.97 Å². The van der Waals surface area contributed by atoms with Crippen molar-refractivity contribution in [3.8, 4) is 5.69 Å². The Bertz CT molecular complexity index is 1020. The van der Waals surface area contributed by atoms with Gasteiger partial charge in [-0.2, -0.15) is 5.10 Å². The molecule has 2 aromatic carbocycles. The monoisotopic (exact) mass is 420 g/mol. The zero-order valence-corrected chi connectivity index (χ0v) is 17.4. The zero-order chi connectivity index (χ0) is 22.2. The van der Waals surface area contributed by atoms with Gasteiger partial charge in [0.05, 0.1) is 11.3 Å². The maximum absolute atomic E-state index is 12.3. The molecule has 0 aliphatic rings. The van der Waals surface area contributed by atoms with Crippen molar-refractivity contribution < 1.29 is 19.1 Å². The molecule has 8 nitrogen and oxygen atoms in total. The molecule has 3 rings (SSSR count). The predicted octanol–water partition coefficient (Wildman–Crippen LogP) is 3.15. The quantitative estimate of drug-likeness (QED) is 0.565. The van der Waals surface area contributed by atoms with E-state index >= 15 is 0 Å². The highest BCUT2D eigenvalue weighted by Crippen LogP contribution is 2.13. The first-order valence-electron chi connectivity index (χ1n) is 9.98. The number of hydrogen-bond donors (Lipinski definition) is 1. The fourth-order valence-corrected chi connectivity index (χ4v) is 2.97. The minimum Gasteiger partial charge on any atom is -0.452 e. The Labute approximate surface area is 180 Å². The lowest BCUT2D eigenvalue weighted by molar-refractivity contribution is -0.119. The fourth-order valence-electron chi connectivity index (χ4n) is 2.97. The summed E-state index contributed by atoms with van der Waals surface area (Å²) in [5.41, 5.74) is 2.21. The number of esters is 1. The Morgan fingerprint density at radius 3 is 2.19 bits per heavy atom. The van der Waals surface area contributed by atoms with E-state index < -0.39 is 18.5 Å². The first-order chi connectivity index (χ1) is 15.0. The van der Waals surface area contributed by atoms with Crippen molar-refractivity contribution in [2.24, 2.45) is 0 Å². The summed E-state index contributed by atoms with van der Waals surface area (Å²) in [6.45, 7) is 4.69. The topological polar surface area (TPSA) is 93.5 Å². The maximum Gasteiger partial charge on any atom is 0.338 e. The van der Waals surface area contributed by atoms with Crippen LogP contribution in [-0.2, 0) is 9.53 Å². The number of carbonyl (C=O) groups excluding carboxylic acids is 3. The van der Waals surface area contributed by atoms with E-state index in [9.17, 15) is 14.4 Å². The van der Waals surface area contributed by atoms with Crippen molar-refractivity contribution in [1.29, 1.82) is 0 Å². The Kier molecular flexibility index (Phi) is 7.16. The minimum absolute atomic E-state index is 0.0598. The largest absolute Gasteiger partial charge is 0.452 e. The average Bonchev–Trinajstić information content (AvgIpc) is 3.34. The van der Waals surface area contributed by atoms with Crippen LogP contribution >= 0.6 is 0 Å². The second-order valence-electron chi connectivity index (χ2n) is 6.68. The number of amides is 2. The number of benzene rings is 2. The van der Waals surface area contributed by atoms with E-state index in [0.29, 0.717) is 29.9 Å². The van der Waals surface area contributed by atoms with E-state index in [1.54, 1.807) is 76.6 Å². The molecule has 1 N–H and O–H groups in total. The van der Waals surface area contributed by atoms with Gasteiger partial charge in [-0.3, -0.25) is 9.59 Å². The molecule has 2 amide bonds. The van der Waals surface area contributed by atoms with E-state index in [1.807, 2.05) is 13.8 Å². The summed E-state index contributed by atoms with van der Waals surface area (Å²) in [5.74, 6) is -1.12. The minimum atomic E-state index is -0.595. The van der Waals surface area contributed by atoms with Crippen molar-refractivity contribution in [2.45, 2.75) is 13.8 Å². The first kappa shape index (κ1) is 21.8. The number of nitrogens with zero attached hydrogens (tertiary/aromatic N) is 3. The van der Waals surface area contributed by atoms with Crippen LogP contribution < -0.4 is 5.32 Å². The van der Waals surface area contributed by atoms with Crippen molar-refractivity contribution in [2.75, 3.05) is 25.0 Å². The number of carbonyl (C=O) groups is 3. The third kappa shape index (κ3) is 5.57. The van der Waals surface area contributed by atoms with Gasteiger partial charge in [-0.25, -0.2) is 9.48 Å². The number of ether oxygens (including phenoxy) is 1. The highest BCUT2D eigenvalue weighted by molar-refractivity contribution is 5.97. The molecule has 8 heteroatoms. The van der Waals surface area contributed by atoms with Crippen molar-refractivity contribution in [1.82, 2.24) is 14.7 Å². The molecule has 0 saturated heterocycles. The van der Waals surface area contributed by atoms with Gasteiger partial charge in [0.15, 0.2) is 6.61 Å². The average molecular weight is 420 g/mol. The van der Waals surface area contributed by atoms with Gasteiger partial charge in [-0.05, 0) is 68.4 Å². The number of hydrogen-bond acceptors (Lipinski definition) is 5. The molecule has 31 heavy (non-hydrogen) atoms. The van der Waals surface area contributed by atoms with E-state index in [-0.39, 0.29) is 5.91 Å². The summed E-state index contributed by atoms with van der Waals surface area (Å²) in [4.78, 5) is 38.3. The van der Waals surface area contributed by atoms with E-state index in [4.69, 9.17) is 4.74 Å². The summed E-state index contributed by atoms with van der Waals surface area (Å²) in [6, 6.07) is 15.1. The lowest BCUT2D eigenvalue weighted by atomic mass is 10.2. The van der Waals surface area contributed by atoms with Gasteiger partial charge in [0.2, 0.25) is 0 Å². The molecule has 0 bridgehead atoms. The van der Waals surface area contributed by atoms with Crippen molar-refractivity contribution in [3.63, 3.8) is 0 Å². The van der Waals surface area contributed by atoms with Crippen molar-refractivity contribution >= 4 is 23.5 Å². The lowest BCUT2D eigenvalue weighted by Crippen LogP contribution is -2.30. The Morgan fingerprint density at radius 1 is 0.968 bits per heavy atom. The molecule has 1 heterocycles. The number of nitrogens with one attached hydrogen (secondary N) is 1. The molecule has 0 spiro atoms. The smallest absolute Gasteiger partial charge is 0.338 e. The third-order valence-electron chi connectivity index (χ3n) is 4.67. The molecule has 1 aromatic heterocycles. The predicted molar refractivity (Wildman–Crippen MR) is 116 cm³/mol. The van der Waals surface area contributed by atoms with E-state index in [0.717, 1.165) is 5.69 Å². The second kappa shape index (κ2) is 10.2. The van der Waals surface area contributed by atoms with E-state index in [2.05, 4.69) is 10.4 Å². The van der Waals surface area contributed by atoms with Gasteiger partial charge in [0, 0.05) is 36.7 Å². The van der Waals surface area contributed by atoms with Crippen LogP contribution in [0.2, 0.25) is 0 Å². The van der Waals surface area contributed by atoms with Gasteiger partial charge in [-0.1, -0.05) is 0 Å². The molecule has 160 valence electrons. The normalized spacial score (nSPS) is 10.4. The summed E-state index contributed by atoms with van der Waals surface area (Å²) < 4.78 is 6.75. The van der Waals surface area contributed by atoms with Crippen LogP contribution in [0.5, 0.6) is 0 Å². The standard InChI is InChI=1S/C23H24N4O4/c1-3-26(4-2)22(29)17-6-10-19(11-7-17)25-21(28)16-31-23(30)18-8-12-20(13-9-18)27-15-5-14-24-27/h5-15H,3-4,16H2,1-2H3,(H,25,28). The first-order valence-corrected chi connectivity index (χ1v) is 9.98. The highest BCUT2D eigenvalue weighted by Gasteiger charge is 2.13. The molecule has 0 fully saturated rings. The molecule has 0 aliphatic carbocycles. The summed E-state index contributed by atoms with van der Waals surface area (Å²) >= 11 is 0. The number of rotatable bonds is 8. The van der Waals surface area contributed by atoms with Crippen LogP contribution in [-0.4, -0.2) is 52.2 Å². The molecular formula is C23H24N4O4. The van der Waals surface area contributed by atoms with E-state index in [1.165, 1.54) is 0 Å². The summed E-state index contributed by atoms with van der Waals surface area (Å²) in [5, 5.41) is 6.77. The zero-order valence-electron chi connectivity index (χ0n) is 17.4. The number of anilines is 1. The maximum atomic E-state index is 12.3. The molecule has 0 atom stereocenters. The van der Waals surface area contributed by atoms with Crippen molar-refractivity contribution in [3.05, 3.63) is 78.1 Å². The van der Waals surface area contributed by atoms with Gasteiger partial charge in [0.25, 0.3) is 11.8 Å². The van der Waals surface area contributed by atoms with Crippen LogP contribution in [0.1, 0.15) is 34.6 Å². The lowest BCUT2D eigenvalue weighted by Gasteiger charge is -2.18.